The van der Waals surface area contributed by atoms with Crippen molar-refractivity contribution in [1.29, 1.82) is 0 Å². The number of rotatable bonds is 8. The molecular formula is C61H44N2. The summed E-state index contributed by atoms with van der Waals surface area (Å²) in [5, 5.41) is 0. The molecule has 0 spiro atoms. The van der Waals surface area contributed by atoms with E-state index >= 15 is 0 Å². The van der Waals surface area contributed by atoms with Crippen LogP contribution in [0, 0.1) is 0 Å². The molecule has 10 aromatic rings. The van der Waals surface area contributed by atoms with Gasteiger partial charge in [-0.15, -0.1) is 0 Å². The summed E-state index contributed by atoms with van der Waals surface area (Å²) in [6.07, 6.45) is 0. The Hall–Kier alpha value is -7.94. The topological polar surface area (TPSA) is 25.8 Å². The molecule has 0 saturated heterocycles. The van der Waals surface area contributed by atoms with Crippen molar-refractivity contribution < 1.29 is 0 Å². The molecule has 2 heterocycles. The molecule has 8 aromatic carbocycles. The fourth-order valence-electron chi connectivity index (χ4n) is 9.31. The molecule has 63 heavy (non-hydrogen) atoms. The van der Waals surface area contributed by atoms with E-state index in [2.05, 4.69) is 244 Å². The zero-order valence-corrected chi connectivity index (χ0v) is 35.3. The van der Waals surface area contributed by atoms with Crippen LogP contribution in [0.3, 0.4) is 0 Å². The molecule has 2 heteroatoms. The molecule has 0 aliphatic heterocycles. The molecule has 298 valence electrons. The minimum absolute atomic E-state index is 0.128. The predicted octanol–water partition coefficient (Wildman–Crippen LogP) is 16.1. The van der Waals surface area contributed by atoms with Gasteiger partial charge in [-0.05, 0) is 115 Å². The predicted molar refractivity (Wildman–Crippen MR) is 263 cm³/mol. The number of fused-ring (bicyclic) bond motifs is 3. The molecule has 2 nitrogen and oxygen atoms in total. The van der Waals surface area contributed by atoms with Crippen molar-refractivity contribution >= 4 is 0 Å². The summed E-state index contributed by atoms with van der Waals surface area (Å²) in [7, 11) is 0. The lowest BCUT2D eigenvalue weighted by atomic mass is 9.82. The molecule has 0 saturated carbocycles. The van der Waals surface area contributed by atoms with Gasteiger partial charge in [-0.25, -0.2) is 9.97 Å². The van der Waals surface area contributed by atoms with Gasteiger partial charge in [0.25, 0.3) is 0 Å². The smallest absolute Gasteiger partial charge is 0.0715 e. The highest BCUT2D eigenvalue weighted by molar-refractivity contribution is 5.89. The van der Waals surface area contributed by atoms with Crippen LogP contribution in [0.15, 0.2) is 231 Å². The number of nitrogens with zero attached hydrogens (tertiary/aromatic N) is 2. The van der Waals surface area contributed by atoms with Crippen molar-refractivity contribution in [2.24, 2.45) is 0 Å². The monoisotopic (exact) mass is 804 g/mol. The van der Waals surface area contributed by atoms with Crippen molar-refractivity contribution in [3.63, 3.8) is 0 Å². The Morgan fingerprint density at radius 1 is 0.238 bits per heavy atom. The number of aromatic nitrogens is 2. The molecule has 2 aromatic heterocycles. The fourth-order valence-corrected chi connectivity index (χ4v) is 9.31. The Labute approximate surface area is 369 Å². The van der Waals surface area contributed by atoms with E-state index < -0.39 is 0 Å². The quantitative estimate of drug-likeness (QED) is 0.153. The van der Waals surface area contributed by atoms with Crippen LogP contribution in [0.1, 0.15) is 25.0 Å². The first-order valence-corrected chi connectivity index (χ1v) is 21.7. The maximum atomic E-state index is 5.24. The minimum atomic E-state index is -0.128. The van der Waals surface area contributed by atoms with E-state index in [0.29, 0.717) is 0 Å². The Morgan fingerprint density at radius 2 is 0.540 bits per heavy atom. The molecule has 1 aliphatic carbocycles. The molecule has 0 amide bonds. The van der Waals surface area contributed by atoms with Gasteiger partial charge in [-0.1, -0.05) is 196 Å². The highest BCUT2D eigenvalue weighted by Crippen LogP contribution is 2.51. The highest BCUT2D eigenvalue weighted by Gasteiger charge is 2.35. The molecule has 0 radical (unpaired) electrons. The molecule has 0 fully saturated rings. The summed E-state index contributed by atoms with van der Waals surface area (Å²) in [6, 6.07) is 82.7. The van der Waals surface area contributed by atoms with Crippen LogP contribution in [0.25, 0.3) is 101 Å². The highest BCUT2D eigenvalue weighted by atomic mass is 14.7. The summed E-state index contributed by atoms with van der Waals surface area (Å²) in [5.74, 6) is 0. The minimum Gasteiger partial charge on any atom is -0.248 e. The normalized spacial score (nSPS) is 12.4. The Bertz CT molecular complexity index is 2940. The van der Waals surface area contributed by atoms with E-state index in [4.69, 9.17) is 9.97 Å². The van der Waals surface area contributed by atoms with Crippen LogP contribution in [0.4, 0.5) is 0 Å². The summed E-state index contributed by atoms with van der Waals surface area (Å²) < 4.78 is 0. The van der Waals surface area contributed by atoms with E-state index in [0.717, 1.165) is 56.2 Å². The van der Waals surface area contributed by atoms with E-state index in [1.807, 2.05) is 0 Å². The van der Waals surface area contributed by atoms with Gasteiger partial charge >= 0.3 is 0 Å². The lowest BCUT2D eigenvalue weighted by Gasteiger charge is -2.21. The average molecular weight is 805 g/mol. The molecule has 1 aliphatic rings. The number of hydrogen-bond acceptors (Lipinski definition) is 2. The second kappa shape index (κ2) is 15.8. The maximum absolute atomic E-state index is 5.24. The van der Waals surface area contributed by atoms with E-state index in [-0.39, 0.29) is 5.41 Å². The largest absolute Gasteiger partial charge is 0.248 e. The zero-order chi connectivity index (χ0) is 42.3. The molecule has 0 bridgehead atoms. The van der Waals surface area contributed by atoms with Gasteiger partial charge in [-0.2, -0.15) is 0 Å². The van der Waals surface area contributed by atoms with Crippen molar-refractivity contribution in [2.45, 2.75) is 19.3 Å². The van der Waals surface area contributed by atoms with Gasteiger partial charge in [0.1, 0.15) is 0 Å². The van der Waals surface area contributed by atoms with E-state index in [9.17, 15) is 0 Å². The lowest BCUT2D eigenvalue weighted by molar-refractivity contribution is 0.660. The summed E-state index contributed by atoms with van der Waals surface area (Å²) >= 11 is 0. The Kier molecular flexibility index (Phi) is 9.55. The summed E-state index contributed by atoms with van der Waals surface area (Å²) in [5.41, 5.74) is 22.7. The number of pyridine rings is 2. The molecular weight excluding hydrogens is 761 g/mol. The SMILES string of the molecule is CC1(C)c2ccc(-c3cccc(-c4cc(-c5ccccc5)cc(-c5ccccc5)n4)c3)cc2-c2cc(-c3cccc(-c4cc(-c5ccccc5)cc(-c5ccccc5)n4)c3)ccc21. The Balaban J connectivity index is 0.965. The van der Waals surface area contributed by atoms with Gasteiger partial charge < -0.3 is 0 Å². The van der Waals surface area contributed by atoms with Gasteiger partial charge in [0, 0.05) is 27.7 Å². The number of benzene rings is 8. The lowest BCUT2D eigenvalue weighted by Crippen LogP contribution is -2.14. The van der Waals surface area contributed by atoms with Crippen LogP contribution in [-0.2, 0) is 5.41 Å². The van der Waals surface area contributed by atoms with Crippen molar-refractivity contribution in [1.82, 2.24) is 9.97 Å². The second-order valence-corrected chi connectivity index (χ2v) is 17.0. The third-order valence-electron chi connectivity index (χ3n) is 12.7. The van der Waals surface area contributed by atoms with Crippen LogP contribution in [0.2, 0.25) is 0 Å². The molecule has 11 rings (SSSR count). The van der Waals surface area contributed by atoms with E-state index in [1.54, 1.807) is 0 Å². The van der Waals surface area contributed by atoms with Gasteiger partial charge in [0.05, 0.1) is 22.8 Å². The fraction of sp³-hybridized carbons (Fsp3) is 0.0492. The third kappa shape index (κ3) is 7.26. The maximum Gasteiger partial charge on any atom is 0.0715 e. The van der Waals surface area contributed by atoms with Crippen LogP contribution < -0.4 is 0 Å². The van der Waals surface area contributed by atoms with Crippen molar-refractivity contribution in [3.8, 4) is 101 Å². The summed E-state index contributed by atoms with van der Waals surface area (Å²) in [4.78, 5) is 10.5. The van der Waals surface area contributed by atoms with Gasteiger partial charge in [0.2, 0.25) is 0 Å². The van der Waals surface area contributed by atoms with Gasteiger partial charge in [0.15, 0.2) is 0 Å². The van der Waals surface area contributed by atoms with E-state index in [1.165, 1.54) is 55.6 Å². The first-order valence-electron chi connectivity index (χ1n) is 21.7. The van der Waals surface area contributed by atoms with Gasteiger partial charge in [-0.3, -0.25) is 0 Å². The van der Waals surface area contributed by atoms with Crippen LogP contribution in [0.5, 0.6) is 0 Å². The van der Waals surface area contributed by atoms with Crippen molar-refractivity contribution in [2.75, 3.05) is 0 Å². The van der Waals surface area contributed by atoms with Crippen LogP contribution >= 0.6 is 0 Å². The Morgan fingerprint density at radius 3 is 0.921 bits per heavy atom. The molecule has 0 unspecified atom stereocenters. The molecule has 0 atom stereocenters. The number of hydrogen-bond donors (Lipinski definition) is 0. The first-order chi connectivity index (χ1) is 30.9. The first kappa shape index (κ1) is 38.0. The van der Waals surface area contributed by atoms with Crippen LogP contribution in [-0.4, -0.2) is 9.97 Å². The zero-order valence-electron chi connectivity index (χ0n) is 35.3. The molecule has 0 N–H and O–H groups in total. The third-order valence-corrected chi connectivity index (χ3v) is 12.7. The average Bonchev–Trinajstić information content (AvgIpc) is 3.59. The van der Waals surface area contributed by atoms with Crippen molar-refractivity contribution in [3.05, 3.63) is 242 Å². The summed E-state index contributed by atoms with van der Waals surface area (Å²) in [6.45, 7) is 4.70. The second-order valence-electron chi connectivity index (χ2n) is 17.0. The standard InChI is InChI=1S/C61H44N2/c1-61(2)55-31-29-47(45-25-15-27-49(33-45)59-39-51(41-17-7-3-8-18-41)37-57(62-59)43-21-11-5-12-22-43)35-53(55)54-36-48(30-32-56(54)61)46-26-16-28-50(34-46)60-40-52(42-19-9-4-10-20-42)38-58(63-60)44-23-13-6-14-24-44/h3-40H,1-2H3.